The van der Waals surface area contributed by atoms with Gasteiger partial charge >= 0.3 is 0 Å². The molecular formula is C23H33N3O2. The molecule has 1 aromatic carbocycles. The summed E-state index contributed by atoms with van der Waals surface area (Å²) in [6, 6.07) is 8.91. The largest absolute Gasteiger partial charge is 0.351 e. The Morgan fingerprint density at radius 2 is 1.89 bits per heavy atom. The molecular weight excluding hydrogens is 350 g/mol. The van der Waals surface area contributed by atoms with E-state index >= 15 is 0 Å². The van der Waals surface area contributed by atoms with Crippen LogP contribution in [0.15, 0.2) is 24.3 Å². The van der Waals surface area contributed by atoms with Crippen LogP contribution in [0.4, 0.5) is 0 Å². The second kappa shape index (κ2) is 8.34. The van der Waals surface area contributed by atoms with Crippen molar-refractivity contribution >= 4 is 11.7 Å². The number of nitrogens with zero attached hydrogens (tertiary/aromatic N) is 1. The van der Waals surface area contributed by atoms with E-state index in [-0.39, 0.29) is 17.7 Å². The number of carbonyl (C=O) groups is 2. The van der Waals surface area contributed by atoms with E-state index in [0.717, 1.165) is 31.4 Å². The van der Waals surface area contributed by atoms with Gasteiger partial charge in [0.25, 0.3) is 0 Å². The van der Waals surface area contributed by atoms with Crippen LogP contribution in [0.5, 0.6) is 0 Å². The Labute approximate surface area is 168 Å². The van der Waals surface area contributed by atoms with Gasteiger partial charge in [0.15, 0.2) is 0 Å². The lowest BCUT2D eigenvalue weighted by Crippen LogP contribution is -2.64. The molecule has 1 saturated carbocycles. The van der Waals surface area contributed by atoms with Crippen molar-refractivity contribution in [2.75, 3.05) is 19.6 Å². The predicted octanol–water partition coefficient (Wildman–Crippen LogP) is 2.28. The van der Waals surface area contributed by atoms with Gasteiger partial charge in [-0.3, -0.25) is 14.5 Å². The number of piperidine rings is 2. The van der Waals surface area contributed by atoms with Gasteiger partial charge in [0.1, 0.15) is 5.78 Å². The molecule has 0 spiro atoms. The molecule has 5 unspecified atom stereocenters. The quantitative estimate of drug-likeness (QED) is 0.837. The molecule has 1 aliphatic carbocycles. The maximum absolute atomic E-state index is 13.1. The van der Waals surface area contributed by atoms with E-state index in [2.05, 4.69) is 53.6 Å². The first kappa shape index (κ1) is 19.6. The Hall–Kier alpha value is -1.72. The van der Waals surface area contributed by atoms with Crippen LogP contribution in [0.25, 0.3) is 0 Å². The summed E-state index contributed by atoms with van der Waals surface area (Å²) in [5, 5.41) is 6.80. The van der Waals surface area contributed by atoms with E-state index in [1.54, 1.807) is 0 Å². The summed E-state index contributed by atoms with van der Waals surface area (Å²) < 4.78 is 0. The minimum Gasteiger partial charge on any atom is -0.351 e. The number of ketones is 1. The van der Waals surface area contributed by atoms with E-state index in [1.807, 2.05) is 0 Å². The molecule has 5 heteroatoms. The zero-order valence-electron chi connectivity index (χ0n) is 17.1. The number of amides is 1. The second-order valence-corrected chi connectivity index (χ2v) is 9.20. The van der Waals surface area contributed by atoms with Crippen LogP contribution >= 0.6 is 0 Å². The summed E-state index contributed by atoms with van der Waals surface area (Å²) in [6.07, 6.45) is 4.34. The number of nitrogens with one attached hydrogen (secondary N) is 2. The Morgan fingerprint density at radius 3 is 2.68 bits per heavy atom. The molecule has 5 atom stereocenters. The standard InChI is InChI=1S/C23H33N3O2/c1-15-3-6-17(7-4-15)12-24-22(27)14-26-10-9-21-19(13-26)23(28)18-11-16(2)5-8-20(18)25-21/h3-4,6-7,16,18-21,25H,5,8-14H2,1-2H3,(H,24,27). The van der Waals surface area contributed by atoms with Crippen molar-refractivity contribution in [1.82, 2.24) is 15.5 Å². The Kier molecular flexibility index (Phi) is 5.83. The molecule has 3 aliphatic rings. The summed E-state index contributed by atoms with van der Waals surface area (Å²) in [5.74, 6) is 1.37. The van der Waals surface area contributed by atoms with Crippen molar-refractivity contribution < 1.29 is 9.59 Å². The fourth-order valence-electron chi connectivity index (χ4n) is 5.26. The molecule has 0 aromatic heterocycles. The van der Waals surface area contributed by atoms with Gasteiger partial charge < -0.3 is 10.6 Å². The fraction of sp³-hybridized carbons (Fsp3) is 0.652. The number of fused-ring (bicyclic) bond motifs is 2. The monoisotopic (exact) mass is 383 g/mol. The van der Waals surface area contributed by atoms with E-state index in [9.17, 15) is 9.59 Å². The molecule has 1 aromatic rings. The number of hydrogen-bond acceptors (Lipinski definition) is 4. The van der Waals surface area contributed by atoms with E-state index in [4.69, 9.17) is 0 Å². The second-order valence-electron chi connectivity index (χ2n) is 9.20. The molecule has 4 rings (SSSR count). The summed E-state index contributed by atoms with van der Waals surface area (Å²) in [5.41, 5.74) is 2.33. The predicted molar refractivity (Wildman–Crippen MR) is 110 cm³/mol. The van der Waals surface area contributed by atoms with Gasteiger partial charge in [-0.1, -0.05) is 36.8 Å². The van der Waals surface area contributed by atoms with Crippen LogP contribution in [0.3, 0.4) is 0 Å². The van der Waals surface area contributed by atoms with Crippen LogP contribution < -0.4 is 10.6 Å². The molecule has 3 fully saturated rings. The lowest BCUT2D eigenvalue weighted by molar-refractivity contribution is -0.137. The average Bonchev–Trinajstić information content (AvgIpc) is 2.69. The molecule has 2 saturated heterocycles. The van der Waals surface area contributed by atoms with Crippen molar-refractivity contribution in [2.24, 2.45) is 17.8 Å². The van der Waals surface area contributed by atoms with E-state index in [1.165, 1.54) is 12.0 Å². The Bertz CT molecular complexity index is 717. The van der Waals surface area contributed by atoms with Gasteiger partial charge in [-0.25, -0.2) is 0 Å². The summed E-state index contributed by atoms with van der Waals surface area (Å²) >= 11 is 0. The fourth-order valence-corrected chi connectivity index (χ4v) is 5.26. The number of carbonyl (C=O) groups excluding carboxylic acids is 2. The summed E-state index contributed by atoms with van der Waals surface area (Å²) in [7, 11) is 0. The van der Waals surface area contributed by atoms with Gasteiger partial charge in [-0.2, -0.15) is 0 Å². The summed E-state index contributed by atoms with van der Waals surface area (Å²) in [6.45, 7) is 6.86. The normalized spacial score (nSPS) is 33.1. The zero-order chi connectivity index (χ0) is 19.7. The van der Waals surface area contributed by atoms with Crippen molar-refractivity contribution in [2.45, 2.75) is 58.2 Å². The third-order valence-electron chi connectivity index (χ3n) is 6.95. The highest BCUT2D eigenvalue weighted by molar-refractivity contribution is 5.86. The van der Waals surface area contributed by atoms with Gasteiger partial charge in [0.2, 0.25) is 5.91 Å². The first-order valence-electron chi connectivity index (χ1n) is 10.8. The van der Waals surface area contributed by atoms with Gasteiger partial charge in [-0.15, -0.1) is 0 Å². The lowest BCUT2D eigenvalue weighted by atomic mass is 9.68. The minimum atomic E-state index is 0.0411. The zero-order valence-corrected chi connectivity index (χ0v) is 17.1. The number of rotatable bonds is 4. The first-order valence-corrected chi connectivity index (χ1v) is 10.8. The third-order valence-corrected chi connectivity index (χ3v) is 6.95. The highest BCUT2D eigenvalue weighted by Gasteiger charge is 2.47. The topological polar surface area (TPSA) is 61.4 Å². The molecule has 0 bridgehead atoms. The first-order chi connectivity index (χ1) is 13.5. The van der Waals surface area contributed by atoms with Crippen LogP contribution in [-0.2, 0) is 16.1 Å². The molecule has 0 radical (unpaired) electrons. The third kappa shape index (κ3) is 4.31. The number of Topliss-reactive ketones (excluding diaryl/α,β-unsaturated/α-hetero) is 1. The van der Waals surface area contributed by atoms with Gasteiger partial charge in [0, 0.05) is 43.6 Å². The maximum Gasteiger partial charge on any atom is 0.234 e. The number of likely N-dealkylation sites (tertiary alicyclic amines) is 1. The molecule has 2 N–H and O–H groups in total. The van der Waals surface area contributed by atoms with Crippen LogP contribution in [0.2, 0.25) is 0 Å². The lowest BCUT2D eigenvalue weighted by Gasteiger charge is -2.48. The van der Waals surface area contributed by atoms with Crippen LogP contribution in [0, 0.1) is 24.7 Å². The van der Waals surface area contributed by atoms with Gasteiger partial charge in [-0.05, 0) is 44.1 Å². The molecule has 5 nitrogen and oxygen atoms in total. The smallest absolute Gasteiger partial charge is 0.234 e. The molecule has 2 heterocycles. The van der Waals surface area contributed by atoms with Crippen molar-refractivity contribution in [3.8, 4) is 0 Å². The highest BCUT2D eigenvalue weighted by atomic mass is 16.2. The highest BCUT2D eigenvalue weighted by Crippen LogP contribution is 2.37. The van der Waals surface area contributed by atoms with Crippen molar-refractivity contribution in [1.29, 1.82) is 0 Å². The molecule has 28 heavy (non-hydrogen) atoms. The number of hydrogen-bond donors (Lipinski definition) is 2. The summed E-state index contributed by atoms with van der Waals surface area (Å²) in [4.78, 5) is 27.7. The average molecular weight is 384 g/mol. The maximum atomic E-state index is 13.1. The Balaban J connectivity index is 1.29. The van der Waals surface area contributed by atoms with E-state index < -0.39 is 0 Å². The number of aryl methyl sites for hydroxylation is 1. The number of benzene rings is 1. The van der Waals surface area contributed by atoms with Crippen LogP contribution in [0.1, 0.15) is 43.7 Å². The van der Waals surface area contributed by atoms with E-state index in [0.29, 0.717) is 43.4 Å². The SMILES string of the molecule is Cc1ccc(CNC(=O)CN2CCC3NC4CCC(C)CC4C(=O)C3C2)cc1. The van der Waals surface area contributed by atoms with Gasteiger partial charge in [0.05, 0.1) is 6.54 Å². The molecule has 1 amide bonds. The van der Waals surface area contributed by atoms with Crippen molar-refractivity contribution in [3.63, 3.8) is 0 Å². The van der Waals surface area contributed by atoms with Crippen molar-refractivity contribution in [3.05, 3.63) is 35.4 Å². The molecule has 152 valence electrons. The molecule has 2 aliphatic heterocycles. The van der Waals surface area contributed by atoms with Crippen LogP contribution in [-0.4, -0.2) is 48.3 Å². The Morgan fingerprint density at radius 1 is 1.14 bits per heavy atom. The minimum absolute atomic E-state index is 0.0411.